The van der Waals surface area contributed by atoms with Crippen LogP contribution in [0.4, 0.5) is 0 Å². The third-order valence-corrected chi connectivity index (χ3v) is 4.22. The molecule has 5 heteroatoms. The van der Waals surface area contributed by atoms with Gasteiger partial charge in [0.1, 0.15) is 0 Å². The maximum absolute atomic E-state index is 9.62. The topological polar surface area (TPSA) is 47.9 Å². The number of aliphatic imine (C=N–C) groups is 1. The molecule has 1 saturated heterocycles. The molecule has 1 aliphatic heterocycles. The monoisotopic (exact) mass is 381 g/mol. The van der Waals surface area contributed by atoms with Crippen LogP contribution in [0.2, 0.25) is 0 Å². The summed E-state index contributed by atoms with van der Waals surface area (Å²) < 4.78 is 0. The first-order valence-corrected chi connectivity index (χ1v) is 7.34. The highest BCUT2D eigenvalue weighted by Crippen LogP contribution is 2.37. The van der Waals surface area contributed by atoms with Crippen molar-refractivity contribution in [2.24, 2.45) is 10.4 Å². The van der Waals surface area contributed by atoms with Gasteiger partial charge >= 0.3 is 0 Å². The number of likely N-dealkylation sites (tertiary alicyclic amines) is 1. The minimum atomic E-state index is -0.184. The van der Waals surface area contributed by atoms with Crippen molar-refractivity contribution in [1.82, 2.24) is 10.2 Å². The zero-order valence-corrected chi connectivity index (χ0v) is 14.5. The molecule has 2 aliphatic rings. The van der Waals surface area contributed by atoms with Crippen molar-refractivity contribution in [3.8, 4) is 0 Å². The maximum atomic E-state index is 9.62. The number of aliphatic hydroxyl groups is 1. The van der Waals surface area contributed by atoms with Gasteiger partial charge in [0.2, 0.25) is 0 Å². The molecule has 2 rings (SSSR count). The molecule has 1 heterocycles. The summed E-state index contributed by atoms with van der Waals surface area (Å²) in [7, 11) is 0. The lowest BCUT2D eigenvalue weighted by atomic mass is 9.89. The molecule has 0 amide bonds. The zero-order chi connectivity index (χ0) is 13.0. The second-order valence-corrected chi connectivity index (χ2v) is 6.08. The van der Waals surface area contributed by atoms with Crippen molar-refractivity contribution >= 4 is 29.9 Å². The van der Waals surface area contributed by atoms with Crippen LogP contribution in [0.25, 0.3) is 0 Å². The molecule has 2 N–H and O–H groups in total. The van der Waals surface area contributed by atoms with E-state index in [0.29, 0.717) is 5.41 Å². The molecule has 0 radical (unpaired) electrons. The van der Waals surface area contributed by atoms with E-state index in [9.17, 15) is 5.11 Å². The number of rotatable bonds is 3. The highest BCUT2D eigenvalue weighted by molar-refractivity contribution is 14.0. The Bertz CT molecular complexity index is 303. The second kappa shape index (κ2) is 7.67. The molecule has 0 bridgehead atoms. The van der Waals surface area contributed by atoms with E-state index in [1.807, 2.05) is 0 Å². The highest BCUT2D eigenvalue weighted by atomic mass is 127. The van der Waals surface area contributed by atoms with Crippen LogP contribution in [-0.4, -0.2) is 48.2 Å². The van der Waals surface area contributed by atoms with E-state index >= 15 is 0 Å². The molecule has 0 aromatic heterocycles. The van der Waals surface area contributed by atoms with Gasteiger partial charge in [-0.15, -0.1) is 24.0 Å². The Balaban J connectivity index is 0.00000180. The van der Waals surface area contributed by atoms with Gasteiger partial charge in [0, 0.05) is 26.2 Å². The molecule has 4 nitrogen and oxygen atoms in total. The van der Waals surface area contributed by atoms with Gasteiger partial charge < -0.3 is 15.3 Å². The summed E-state index contributed by atoms with van der Waals surface area (Å²) in [4.78, 5) is 6.99. The van der Waals surface area contributed by atoms with Crippen molar-refractivity contribution in [3.05, 3.63) is 0 Å². The van der Waals surface area contributed by atoms with E-state index in [0.717, 1.165) is 38.6 Å². The summed E-state index contributed by atoms with van der Waals surface area (Å²) in [5.74, 6) is 0.988. The molecule has 112 valence electrons. The van der Waals surface area contributed by atoms with Gasteiger partial charge in [0.15, 0.2) is 5.96 Å². The number of nitrogens with zero attached hydrogens (tertiary/aromatic N) is 2. The number of guanidine groups is 1. The number of hydrogen-bond donors (Lipinski definition) is 2. The van der Waals surface area contributed by atoms with Crippen LogP contribution < -0.4 is 5.32 Å². The quantitative estimate of drug-likeness (QED) is 0.448. The van der Waals surface area contributed by atoms with Crippen LogP contribution in [0.5, 0.6) is 0 Å². The predicted octanol–water partition coefficient (Wildman–Crippen LogP) is 2.22. The molecule has 19 heavy (non-hydrogen) atoms. The molecule has 0 unspecified atom stereocenters. The summed E-state index contributed by atoms with van der Waals surface area (Å²) in [6.45, 7) is 7.90. The number of hydrogen-bond acceptors (Lipinski definition) is 2. The fourth-order valence-electron chi connectivity index (χ4n) is 3.01. The van der Waals surface area contributed by atoms with E-state index in [-0.39, 0.29) is 30.1 Å². The van der Waals surface area contributed by atoms with Gasteiger partial charge in [-0.2, -0.15) is 0 Å². The largest absolute Gasteiger partial charge is 0.391 e. The average Bonchev–Trinajstić information content (AvgIpc) is 2.94. The van der Waals surface area contributed by atoms with Crippen molar-refractivity contribution in [2.45, 2.75) is 52.1 Å². The van der Waals surface area contributed by atoms with E-state index in [1.54, 1.807) is 0 Å². The average molecular weight is 381 g/mol. The van der Waals surface area contributed by atoms with Crippen LogP contribution in [0.1, 0.15) is 46.0 Å². The van der Waals surface area contributed by atoms with Crippen molar-refractivity contribution in [1.29, 1.82) is 0 Å². The van der Waals surface area contributed by atoms with Crippen molar-refractivity contribution in [2.75, 3.05) is 26.2 Å². The number of nitrogens with one attached hydrogen (secondary N) is 1. The molecule has 0 aromatic rings. The first-order chi connectivity index (χ1) is 8.63. The fourth-order valence-corrected chi connectivity index (χ4v) is 3.01. The van der Waals surface area contributed by atoms with Gasteiger partial charge in [-0.25, -0.2) is 0 Å². The predicted molar refractivity (Wildman–Crippen MR) is 90.2 cm³/mol. The highest BCUT2D eigenvalue weighted by Gasteiger charge is 2.29. The molecule has 0 aromatic carbocycles. The molecule has 1 aliphatic carbocycles. The van der Waals surface area contributed by atoms with Crippen LogP contribution in [-0.2, 0) is 0 Å². The standard InChI is InChI=1S/C14H27N3O.HI/c1-3-15-13(17-9-6-12(18)10-17)16-11-14(2)7-4-5-8-14;/h12,18H,3-11H2,1-2H3,(H,15,16);1H/t12-;/m1./s1. The summed E-state index contributed by atoms with van der Waals surface area (Å²) >= 11 is 0. The Morgan fingerprint density at radius 1 is 1.42 bits per heavy atom. The minimum absolute atomic E-state index is 0. The van der Waals surface area contributed by atoms with Crippen LogP contribution in [0.15, 0.2) is 4.99 Å². The Kier molecular flexibility index (Phi) is 6.86. The van der Waals surface area contributed by atoms with Gasteiger partial charge in [-0.3, -0.25) is 4.99 Å². The summed E-state index contributed by atoms with van der Waals surface area (Å²) in [6.07, 6.45) is 5.99. The second-order valence-electron chi connectivity index (χ2n) is 6.08. The van der Waals surface area contributed by atoms with Gasteiger partial charge in [0.05, 0.1) is 6.10 Å². The van der Waals surface area contributed by atoms with Crippen LogP contribution >= 0.6 is 24.0 Å². The van der Waals surface area contributed by atoms with Crippen LogP contribution in [0.3, 0.4) is 0 Å². The molecule has 2 fully saturated rings. The van der Waals surface area contributed by atoms with Crippen LogP contribution in [0, 0.1) is 5.41 Å². The summed E-state index contributed by atoms with van der Waals surface area (Å²) in [5.41, 5.74) is 0.402. The van der Waals surface area contributed by atoms with Crippen molar-refractivity contribution < 1.29 is 5.11 Å². The van der Waals surface area contributed by atoms with Gasteiger partial charge in [-0.05, 0) is 31.6 Å². The number of halogens is 1. The smallest absolute Gasteiger partial charge is 0.194 e. The Hall–Kier alpha value is -0.0400. The molecular weight excluding hydrogens is 353 g/mol. The third kappa shape index (κ3) is 4.77. The van der Waals surface area contributed by atoms with E-state index < -0.39 is 0 Å². The van der Waals surface area contributed by atoms with Gasteiger partial charge in [-0.1, -0.05) is 19.8 Å². The number of β-amino-alcohol motifs (C(OH)–C–C–N with tert-alkyl or cyclic N) is 1. The van der Waals surface area contributed by atoms with E-state index in [1.165, 1.54) is 25.7 Å². The Morgan fingerprint density at radius 3 is 2.63 bits per heavy atom. The zero-order valence-electron chi connectivity index (χ0n) is 12.2. The third-order valence-electron chi connectivity index (χ3n) is 4.22. The SMILES string of the molecule is CCNC(=NCC1(C)CCCC1)N1CC[C@@H](O)C1.I. The maximum Gasteiger partial charge on any atom is 0.194 e. The normalized spacial score (nSPS) is 26.4. The first-order valence-electron chi connectivity index (χ1n) is 7.34. The molecular formula is C14H28IN3O. The summed E-state index contributed by atoms with van der Waals surface area (Å²) in [6, 6.07) is 0. The lowest BCUT2D eigenvalue weighted by Gasteiger charge is -2.25. The fraction of sp³-hybridized carbons (Fsp3) is 0.929. The minimum Gasteiger partial charge on any atom is -0.391 e. The Morgan fingerprint density at radius 2 is 2.11 bits per heavy atom. The molecule has 1 saturated carbocycles. The number of aliphatic hydroxyl groups excluding tert-OH is 1. The Labute approximate surface area is 134 Å². The molecule has 0 spiro atoms. The first kappa shape index (κ1) is 17.0. The van der Waals surface area contributed by atoms with E-state index in [4.69, 9.17) is 4.99 Å². The summed E-state index contributed by atoms with van der Waals surface area (Å²) in [5, 5.41) is 13.0. The van der Waals surface area contributed by atoms with Crippen molar-refractivity contribution in [3.63, 3.8) is 0 Å². The lowest BCUT2D eigenvalue weighted by molar-refractivity contribution is 0.187. The van der Waals surface area contributed by atoms with E-state index in [2.05, 4.69) is 24.1 Å². The lowest BCUT2D eigenvalue weighted by Crippen LogP contribution is -2.41. The van der Waals surface area contributed by atoms with Gasteiger partial charge in [0.25, 0.3) is 0 Å². The molecule has 1 atom stereocenters.